The van der Waals surface area contributed by atoms with Crippen molar-refractivity contribution >= 4 is 29.5 Å². The van der Waals surface area contributed by atoms with E-state index in [0.717, 1.165) is 11.1 Å². The number of nitrogens with one attached hydrogen (secondary N) is 3. The fraction of sp³-hybridized carbons (Fsp3) is 0.385. The predicted octanol–water partition coefficient (Wildman–Crippen LogP) is 2.81. The molecule has 186 valence electrons. The van der Waals surface area contributed by atoms with Crippen LogP contribution in [0.3, 0.4) is 0 Å². The maximum absolute atomic E-state index is 12.8. The van der Waals surface area contributed by atoms with Gasteiger partial charge in [-0.1, -0.05) is 42.5 Å². The van der Waals surface area contributed by atoms with Crippen LogP contribution in [-0.4, -0.2) is 47.4 Å². The van der Waals surface area contributed by atoms with Crippen molar-refractivity contribution in [3.63, 3.8) is 0 Å². The van der Waals surface area contributed by atoms with E-state index in [1.54, 1.807) is 43.9 Å². The SMILES string of the molecule is CC(C)(C)OC(=O)NCC(=O)NCc1cccc(NC(=O)C2CC(=O)N(Cc3ccccc3)C2)c1. The Morgan fingerprint density at radius 3 is 2.43 bits per heavy atom. The summed E-state index contributed by atoms with van der Waals surface area (Å²) < 4.78 is 5.09. The Balaban J connectivity index is 1.46. The van der Waals surface area contributed by atoms with E-state index in [0.29, 0.717) is 18.8 Å². The van der Waals surface area contributed by atoms with E-state index in [1.807, 2.05) is 36.4 Å². The van der Waals surface area contributed by atoms with Gasteiger partial charge in [-0.05, 0) is 44.0 Å². The van der Waals surface area contributed by atoms with Crippen LogP contribution >= 0.6 is 0 Å². The Morgan fingerprint density at radius 2 is 1.71 bits per heavy atom. The molecule has 1 unspecified atom stereocenters. The third kappa shape index (κ3) is 8.44. The minimum atomic E-state index is -0.662. The molecular formula is C26H32N4O5. The molecule has 4 amide bonds. The Morgan fingerprint density at radius 1 is 1.00 bits per heavy atom. The third-order valence-electron chi connectivity index (χ3n) is 5.28. The number of ether oxygens (including phenoxy) is 1. The van der Waals surface area contributed by atoms with Gasteiger partial charge in [0.25, 0.3) is 0 Å². The number of hydrogen-bond donors (Lipinski definition) is 3. The summed E-state index contributed by atoms with van der Waals surface area (Å²) in [5, 5.41) is 7.99. The second-order valence-electron chi connectivity index (χ2n) is 9.48. The lowest BCUT2D eigenvalue weighted by Gasteiger charge is -2.19. The van der Waals surface area contributed by atoms with Crippen molar-refractivity contribution < 1.29 is 23.9 Å². The van der Waals surface area contributed by atoms with Gasteiger partial charge < -0.3 is 25.6 Å². The van der Waals surface area contributed by atoms with Crippen molar-refractivity contribution in [2.75, 3.05) is 18.4 Å². The number of rotatable bonds is 8. The summed E-state index contributed by atoms with van der Waals surface area (Å²) in [6, 6.07) is 16.8. The standard InChI is InChI=1S/C26H32N4O5/c1-26(2,3)35-25(34)28-15-22(31)27-14-19-10-7-11-21(12-19)29-24(33)20-13-23(32)30(17-20)16-18-8-5-4-6-9-18/h4-12,20H,13-17H2,1-3H3,(H,27,31)(H,28,34)(H,29,33). The molecule has 2 aromatic carbocycles. The molecule has 0 aromatic heterocycles. The minimum absolute atomic E-state index is 0.0366. The van der Waals surface area contributed by atoms with E-state index in [9.17, 15) is 19.2 Å². The fourth-order valence-corrected chi connectivity index (χ4v) is 3.64. The van der Waals surface area contributed by atoms with Crippen LogP contribution in [0, 0.1) is 5.92 Å². The first-order valence-electron chi connectivity index (χ1n) is 11.5. The maximum atomic E-state index is 12.8. The molecule has 1 aliphatic heterocycles. The zero-order chi connectivity index (χ0) is 25.4. The molecule has 0 saturated carbocycles. The number of benzene rings is 2. The Bertz CT molecular complexity index is 1060. The molecule has 3 rings (SSSR count). The molecule has 1 fully saturated rings. The number of carbonyl (C=O) groups excluding carboxylic acids is 4. The second kappa shape index (κ2) is 11.5. The first-order chi connectivity index (χ1) is 16.6. The third-order valence-corrected chi connectivity index (χ3v) is 5.28. The Labute approximate surface area is 205 Å². The number of likely N-dealkylation sites (tertiary alicyclic amines) is 1. The lowest BCUT2D eigenvalue weighted by atomic mass is 10.1. The molecule has 1 atom stereocenters. The summed E-state index contributed by atoms with van der Waals surface area (Å²) in [4.78, 5) is 50.5. The summed E-state index contributed by atoms with van der Waals surface area (Å²) in [6.07, 6.45) is -0.482. The van der Waals surface area contributed by atoms with Gasteiger partial charge >= 0.3 is 6.09 Å². The number of amides is 4. The van der Waals surface area contributed by atoms with Crippen molar-refractivity contribution in [3.8, 4) is 0 Å². The van der Waals surface area contributed by atoms with Crippen molar-refractivity contribution in [3.05, 3.63) is 65.7 Å². The predicted molar refractivity (Wildman–Crippen MR) is 131 cm³/mol. The molecule has 3 N–H and O–H groups in total. The second-order valence-corrected chi connectivity index (χ2v) is 9.48. The normalized spacial score (nSPS) is 15.5. The molecule has 35 heavy (non-hydrogen) atoms. The first kappa shape index (κ1) is 25.7. The summed E-state index contributed by atoms with van der Waals surface area (Å²) in [6.45, 7) is 6.10. The number of hydrogen-bond acceptors (Lipinski definition) is 5. The molecule has 0 radical (unpaired) electrons. The Hall–Kier alpha value is -3.88. The molecule has 1 heterocycles. The molecule has 9 heteroatoms. The monoisotopic (exact) mass is 480 g/mol. The molecule has 0 bridgehead atoms. The van der Waals surface area contributed by atoms with Gasteiger partial charge in [0.05, 0.1) is 5.92 Å². The lowest BCUT2D eigenvalue weighted by Crippen LogP contribution is -2.39. The van der Waals surface area contributed by atoms with Crippen LogP contribution in [0.4, 0.5) is 10.5 Å². The highest BCUT2D eigenvalue weighted by Gasteiger charge is 2.34. The molecule has 1 saturated heterocycles. The largest absolute Gasteiger partial charge is 0.444 e. The van der Waals surface area contributed by atoms with Crippen molar-refractivity contribution in [1.82, 2.24) is 15.5 Å². The number of nitrogens with zero attached hydrogens (tertiary/aromatic N) is 1. The highest BCUT2D eigenvalue weighted by atomic mass is 16.6. The van der Waals surface area contributed by atoms with Crippen molar-refractivity contribution in [1.29, 1.82) is 0 Å². The van der Waals surface area contributed by atoms with Crippen molar-refractivity contribution in [2.24, 2.45) is 5.92 Å². The van der Waals surface area contributed by atoms with Gasteiger partial charge in [-0.15, -0.1) is 0 Å². The van der Waals surface area contributed by atoms with E-state index in [-0.39, 0.29) is 37.2 Å². The number of carbonyl (C=O) groups is 4. The van der Waals surface area contributed by atoms with E-state index in [1.165, 1.54) is 0 Å². The zero-order valence-electron chi connectivity index (χ0n) is 20.3. The number of anilines is 1. The van der Waals surface area contributed by atoms with E-state index in [2.05, 4.69) is 16.0 Å². The summed E-state index contributed by atoms with van der Waals surface area (Å²) in [7, 11) is 0. The minimum Gasteiger partial charge on any atom is -0.444 e. The Kier molecular flexibility index (Phi) is 8.46. The summed E-state index contributed by atoms with van der Waals surface area (Å²) in [5.41, 5.74) is 1.75. The molecular weight excluding hydrogens is 448 g/mol. The lowest BCUT2D eigenvalue weighted by molar-refractivity contribution is -0.128. The maximum Gasteiger partial charge on any atom is 0.408 e. The van der Waals surface area contributed by atoms with Gasteiger partial charge in [-0.25, -0.2) is 4.79 Å². The molecule has 0 aliphatic carbocycles. The van der Waals surface area contributed by atoms with Crippen LogP contribution in [0.1, 0.15) is 38.3 Å². The van der Waals surface area contributed by atoms with E-state index in [4.69, 9.17) is 4.74 Å². The zero-order valence-corrected chi connectivity index (χ0v) is 20.3. The average molecular weight is 481 g/mol. The summed E-state index contributed by atoms with van der Waals surface area (Å²) >= 11 is 0. The quantitative estimate of drug-likeness (QED) is 0.537. The fourth-order valence-electron chi connectivity index (χ4n) is 3.64. The van der Waals surface area contributed by atoms with Gasteiger partial charge in [0.2, 0.25) is 17.7 Å². The van der Waals surface area contributed by atoms with Crippen LogP contribution in [0.25, 0.3) is 0 Å². The van der Waals surface area contributed by atoms with Crippen LogP contribution in [-0.2, 0) is 32.2 Å². The highest BCUT2D eigenvalue weighted by Crippen LogP contribution is 2.22. The van der Waals surface area contributed by atoms with Crippen LogP contribution < -0.4 is 16.0 Å². The van der Waals surface area contributed by atoms with E-state index >= 15 is 0 Å². The molecule has 9 nitrogen and oxygen atoms in total. The number of alkyl carbamates (subject to hydrolysis) is 1. The topological polar surface area (TPSA) is 117 Å². The van der Waals surface area contributed by atoms with Gasteiger partial charge in [0.15, 0.2) is 0 Å². The van der Waals surface area contributed by atoms with Crippen LogP contribution in [0.15, 0.2) is 54.6 Å². The molecule has 0 spiro atoms. The van der Waals surface area contributed by atoms with Gasteiger partial charge in [-0.3, -0.25) is 14.4 Å². The van der Waals surface area contributed by atoms with E-state index < -0.39 is 17.6 Å². The molecule has 2 aromatic rings. The smallest absolute Gasteiger partial charge is 0.408 e. The summed E-state index contributed by atoms with van der Waals surface area (Å²) in [5.74, 6) is -1.04. The molecule has 1 aliphatic rings. The van der Waals surface area contributed by atoms with Gasteiger partial charge in [0.1, 0.15) is 12.1 Å². The highest BCUT2D eigenvalue weighted by molar-refractivity contribution is 5.97. The van der Waals surface area contributed by atoms with Gasteiger partial charge in [-0.2, -0.15) is 0 Å². The van der Waals surface area contributed by atoms with Crippen molar-refractivity contribution in [2.45, 2.75) is 45.9 Å². The van der Waals surface area contributed by atoms with Crippen LogP contribution in [0.5, 0.6) is 0 Å². The van der Waals surface area contributed by atoms with Crippen LogP contribution in [0.2, 0.25) is 0 Å². The van der Waals surface area contributed by atoms with Gasteiger partial charge in [0, 0.05) is 31.7 Å². The average Bonchev–Trinajstić information content (AvgIpc) is 3.16. The first-order valence-corrected chi connectivity index (χ1v) is 11.5.